The zero-order valence-corrected chi connectivity index (χ0v) is 9.97. The van der Waals surface area contributed by atoms with Crippen LogP contribution < -0.4 is 0 Å². The Hall–Kier alpha value is -1.63. The third-order valence-electron chi connectivity index (χ3n) is 1.96. The lowest BCUT2D eigenvalue weighted by Gasteiger charge is -2.12. The van der Waals surface area contributed by atoms with Gasteiger partial charge in [-0.3, -0.25) is 10.1 Å². The lowest BCUT2D eigenvalue weighted by Crippen LogP contribution is -2.23. The summed E-state index contributed by atoms with van der Waals surface area (Å²) in [6.45, 7) is 0.186. The number of carboxylic acid groups (broad SMARTS) is 1. The van der Waals surface area contributed by atoms with Gasteiger partial charge in [0.15, 0.2) is 0 Å². The quantitative estimate of drug-likeness (QED) is 0.684. The van der Waals surface area contributed by atoms with E-state index in [1.54, 1.807) is 0 Å². The fraction of sp³-hybridized carbons (Fsp3) is 0.222. The van der Waals surface area contributed by atoms with Gasteiger partial charge in [0, 0.05) is 19.7 Å². The molecule has 0 atom stereocenters. The topological polar surface area (TPSA) is 83.7 Å². The lowest BCUT2D eigenvalue weighted by atomic mass is 10.2. The number of benzene rings is 1. The van der Waals surface area contributed by atoms with E-state index in [0.717, 1.165) is 4.90 Å². The second-order valence-electron chi connectivity index (χ2n) is 3.18. The van der Waals surface area contributed by atoms with E-state index in [0.29, 0.717) is 10.0 Å². The van der Waals surface area contributed by atoms with Gasteiger partial charge in [-0.25, -0.2) is 4.79 Å². The largest absolute Gasteiger partial charge is 0.465 e. The van der Waals surface area contributed by atoms with Gasteiger partial charge in [-0.05, 0) is 27.6 Å². The maximum atomic E-state index is 10.6. The van der Waals surface area contributed by atoms with Gasteiger partial charge in [0.25, 0.3) is 5.69 Å². The number of nitro benzene ring substituents is 1. The first-order valence-corrected chi connectivity index (χ1v) is 5.08. The molecule has 0 aromatic heterocycles. The van der Waals surface area contributed by atoms with Gasteiger partial charge in [0.1, 0.15) is 0 Å². The first-order chi connectivity index (χ1) is 7.41. The van der Waals surface area contributed by atoms with Crippen LogP contribution in [0.4, 0.5) is 10.5 Å². The summed E-state index contributed by atoms with van der Waals surface area (Å²) < 4.78 is 0.341. The van der Waals surface area contributed by atoms with Gasteiger partial charge in [0.2, 0.25) is 0 Å². The highest BCUT2D eigenvalue weighted by Crippen LogP contribution is 2.25. The maximum Gasteiger partial charge on any atom is 0.407 e. The molecule has 0 fully saturated rings. The van der Waals surface area contributed by atoms with E-state index in [1.165, 1.54) is 25.2 Å². The minimum atomic E-state index is -1.05. The molecule has 0 aliphatic heterocycles. The van der Waals surface area contributed by atoms with Crippen LogP contribution in [0.25, 0.3) is 0 Å². The van der Waals surface area contributed by atoms with Gasteiger partial charge in [-0.15, -0.1) is 0 Å². The molecular weight excluding hydrogens is 280 g/mol. The highest BCUT2D eigenvalue weighted by Gasteiger charge is 2.13. The van der Waals surface area contributed by atoms with E-state index in [4.69, 9.17) is 5.11 Å². The lowest BCUT2D eigenvalue weighted by molar-refractivity contribution is -0.385. The Bertz CT molecular complexity index is 436. The number of nitrogens with zero attached hydrogens (tertiary/aromatic N) is 2. The number of hydrogen-bond donors (Lipinski definition) is 1. The smallest absolute Gasteiger partial charge is 0.407 e. The number of hydrogen-bond acceptors (Lipinski definition) is 3. The van der Waals surface area contributed by atoms with Gasteiger partial charge in [0.05, 0.1) is 9.40 Å². The monoisotopic (exact) mass is 288 g/mol. The fourth-order valence-electron chi connectivity index (χ4n) is 1.14. The van der Waals surface area contributed by atoms with Crippen molar-refractivity contribution < 1.29 is 14.8 Å². The second kappa shape index (κ2) is 4.93. The van der Waals surface area contributed by atoms with Crippen molar-refractivity contribution in [3.05, 3.63) is 38.3 Å². The summed E-state index contributed by atoms with van der Waals surface area (Å²) in [5, 5.41) is 19.2. The summed E-state index contributed by atoms with van der Waals surface area (Å²) in [7, 11) is 1.43. The van der Waals surface area contributed by atoms with Gasteiger partial charge < -0.3 is 10.0 Å². The molecule has 6 nitrogen and oxygen atoms in total. The SMILES string of the molecule is CN(Cc1ccc([N+](=O)[O-])c(Br)c1)C(=O)O. The fourth-order valence-corrected chi connectivity index (χ4v) is 1.71. The zero-order chi connectivity index (χ0) is 12.3. The number of rotatable bonds is 3. The van der Waals surface area contributed by atoms with Crippen LogP contribution in [0.1, 0.15) is 5.56 Å². The van der Waals surface area contributed by atoms with Crippen LogP contribution in [0.2, 0.25) is 0 Å². The molecule has 0 aliphatic carbocycles. The van der Waals surface area contributed by atoms with E-state index in [9.17, 15) is 14.9 Å². The molecule has 0 aliphatic rings. The molecule has 0 unspecified atom stereocenters. The number of nitro groups is 1. The van der Waals surface area contributed by atoms with E-state index in [1.807, 2.05) is 0 Å². The van der Waals surface area contributed by atoms with E-state index in [-0.39, 0.29) is 12.2 Å². The Morgan fingerprint density at radius 2 is 2.25 bits per heavy atom. The standard InChI is InChI=1S/C9H9BrN2O4/c1-11(9(13)14)5-6-2-3-8(12(15)16)7(10)4-6/h2-4H,5H2,1H3,(H,13,14). The van der Waals surface area contributed by atoms with Crippen molar-refractivity contribution in [2.75, 3.05) is 7.05 Å². The minimum Gasteiger partial charge on any atom is -0.465 e. The number of amides is 1. The molecule has 0 bridgehead atoms. The van der Waals surface area contributed by atoms with Crippen molar-refractivity contribution in [1.29, 1.82) is 0 Å². The van der Waals surface area contributed by atoms with Crippen LogP contribution in [-0.2, 0) is 6.54 Å². The molecular formula is C9H9BrN2O4. The summed E-state index contributed by atoms with van der Waals surface area (Å²) in [6, 6.07) is 4.41. The molecule has 0 heterocycles. The Balaban J connectivity index is 2.89. The molecule has 1 aromatic carbocycles. The molecule has 0 saturated heterocycles. The van der Waals surface area contributed by atoms with Crippen LogP contribution in [0.3, 0.4) is 0 Å². The van der Waals surface area contributed by atoms with Crippen molar-refractivity contribution in [2.45, 2.75) is 6.54 Å². The van der Waals surface area contributed by atoms with E-state index in [2.05, 4.69) is 15.9 Å². The minimum absolute atomic E-state index is 0.0401. The summed E-state index contributed by atoms with van der Waals surface area (Å²) in [5.41, 5.74) is 0.643. The molecule has 0 radical (unpaired) electrons. The molecule has 1 aromatic rings. The predicted molar refractivity (Wildman–Crippen MR) is 60.3 cm³/mol. The second-order valence-corrected chi connectivity index (χ2v) is 4.04. The van der Waals surface area contributed by atoms with Crippen molar-refractivity contribution in [2.24, 2.45) is 0 Å². The van der Waals surface area contributed by atoms with Crippen LogP contribution in [0.15, 0.2) is 22.7 Å². The Morgan fingerprint density at radius 3 is 2.69 bits per heavy atom. The molecule has 7 heteroatoms. The summed E-state index contributed by atoms with van der Waals surface area (Å²) in [6.07, 6.45) is -1.05. The first-order valence-electron chi connectivity index (χ1n) is 4.28. The van der Waals surface area contributed by atoms with Gasteiger partial charge in [-0.1, -0.05) is 6.07 Å². The molecule has 86 valence electrons. The van der Waals surface area contributed by atoms with Crippen LogP contribution >= 0.6 is 15.9 Å². The third-order valence-corrected chi connectivity index (χ3v) is 2.59. The van der Waals surface area contributed by atoms with Crippen LogP contribution in [0, 0.1) is 10.1 Å². The Kier molecular flexibility index (Phi) is 3.83. The van der Waals surface area contributed by atoms with Crippen LogP contribution in [0.5, 0.6) is 0 Å². The van der Waals surface area contributed by atoms with E-state index >= 15 is 0 Å². The number of carbonyl (C=O) groups is 1. The molecule has 1 amide bonds. The molecule has 0 saturated carbocycles. The summed E-state index contributed by atoms with van der Waals surface area (Å²) in [5.74, 6) is 0. The Morgan fingerprint density at radius 1 is 1.62 bits per heavy atom. The van der Waals surface area contributed by atoms with Gasteiger partial charge in [-0.2, -0.15) is 0 Å². The summed E-state index contributed by atoms with van der Waals surface area (Å²) in [4.78, 5) is 21.7. The first kappa shape index (κ1) is 12.4. The number of halogens is 1. The van der Waals surface area contributed by atoms with Crippen molar-refractivity contribution >= 4 is 27.7 Å². The van der Waals surface area contributed by atoms with Crippen molar-refractivity contribution in [1.82, 2.24) is 4.90 Å². The van der Waals surface area contributed by atoms with E-state index < -0.39 is 11.0 Å². The average Bonchev–Trinajstić information content (AvgIpc) is 2.16. The Labute approximate surface area is 99.8 Å². The predicted octanol–water partition coefficient (Wildman–Crippen LogP) is 2.47. The van der Waals surface area contributed by atoms with Crippen molar-refractivity contribution in [3.8, 4) is 0 Å². The molecule has 1 rings (SSSR count). The van der Waals surface area contributed by atoms with Gasteiger partial charge >= 0.3 is 6.09 Å². The molecule has 16 heavy (non-hydrogen) atoms. The normalized spacial score (nSPS) is 9.88. The molecule has 1 N–H and O–H groups in total. The highest BCUT2D eigenvalue weighted by molar-refractivity contribution is 9.10. The maximum absolute atomic E-state index is 10.6. The third kappa shape index (κ3) is 2.93. The van der Waals surface area contributed by atoms with Crippen LogP contribution in [-0.4, -0.2) is 28.1 Å². The zero-order valence-electron chi connectivity index (χ0n) is 8.38. The average molecular weight is 289 g/mol. The molecule has 0 spiro atoms. The highest BCUT2D eigenvalue weighted by atomic mass is 79.9. The van der Waals surface area contributed by atoms with Crippen molar-refractivity contribution in [3.63, 3.8) is 0 Å². The summed E-state index contributed by atoms with van der Waals surface area (Å²) >= 11 is 3.07.